The molecule has 0 aliphatic rings. The predicted octanol–water partition coefficient (Wildman–Crippen LogP) is 0.926. The summed E-state index contributed by atoms with van der Waals surface area (Å²) in [5.74, 6) is -1.09. The van der Waals surface area contributed by atoms with E-state index in [0.29, 0.717) is 12.1 Å². The first kappa shape index (κ1) is 14.0. The van der Waals surface area contributed by atoms with Gasteiger partial charge in [0, 0.05) is 25.1 Å². The number of rotatable bonds is 5. The lowest BCUT2D eigenvalue weighted by atomic mass is 10.3. The van der Waals surface area contributed by atoms with Crippen molar-refractivity contribution in [2.24, 2.45) is 0 Å². The number of nitrogens with one attached hydrogen (secondary N) is 1. The number of hydrogen-bond acceptors (Lipinski definition) is 5. The highest BCUT2D eigenvalue weighted by Crippen LogP contribution is 2.20. The molecule has 0 aliphatic carbocycles. The van der Waals surface area contributed by atoms with Gasteiger partial charge in [0.1, 0.15) is 10.7 Å². The second-order valence-corrected chi connectivity index (χ2v) is 4.91. The lowest BCUT2D eigenvalue weighted by molar-refractivity contribution is -0.385. The van der Waals surface area contributed by atoms with E-state index >= 15 is 0 Å². The summed E-state index contributed by atoms with van der Waals surface area (Å²) in [6, 6.07) is 3.91. The van der Waals surface area contributed by atoms with Crippen LogP contribution in [0.4, 0.5) is 10.1 Å². The molecule has 1 aromatic carbocycles. The van der Waals surface area contributed by atoms with Gasteiger partial charge in [0.05, 0.1) is 11.0 Å². The fourth-order valence-corrected chi connectivity index (χ4v) is 2.26. The topological polar surface area (TPSA) is 113 Å². The van der Waals surface area contributed by atoms with E-state index in [1.54, 1.807) is 6.07 Å². The number of halogens is 1. The van der Waals surface area contributed by atoms with Crippen molar-refractivity contribution in [2.45, 2.75) is 11.3 Å². The number of sulfonamides is 1. The smallest absolute Gasteiger partial charge is 0.258 e. The maximum atomic E-state index is 13.3. The Morgan fingerprint density at radius 3 is 2.72 bits per heavy atom. The summed E-state index contributed by atoms with van der Waals surface area (Å²) in [7, 11) is -4.20. The third kappa shape index (κ3) is 3.22. The zero-order chi connectivity index (χ0) is 13.8. The van der Waals surface area contributed by atoms with Gasteiger partial charge in [-0.3, -0.25) is 10.1 Å². The zero-order valence-electron chi connectivity index (χ0n) is 8.96. The lowest BCUT2D eigenvalue weighted by Gasteiger charge is -2.05. The Morgan fingerprint density at radius 1 is 1.50 bits per heavy atom. The van der Waals surface area contributed by atoms with E-state index in [2.05, 4.69) is 0 Å². The molecule has 0 aromatic heterocycles. The lowest BCUT2D eigenvalue weighted by Crippen LogP contribution is -2.25. The van der Waals surface area contributed by atoms with Gasteiger partial charge in [0.25, 0.3) is 5.69 Å². The van der Waals surface area contributed by atoms with Crippen molar-refractivity contribution in [2.75, 3.05) is 6.54 Å². The van der Waals surface area contributed by atoms with Crippen LogP contribution < -0.4 is 4.72 Å². The van der Waals surface area contributed by atoms with Crippen molar-refractivity contribution in [1.29, 1.82) is 5.26 Å². The molecule has 18 heavy (non-hydrogen) atoms. The highest BCUT2D eigenvalue weighted by Gasteiger charge is 2.22. The largest absolute Gasteiger partial charge is 0.270 e. The molecule has 0 saturated heterocycles. The fourth-order valence-electron chi connectivity index (χ4n) is 1.13. The molecule has 1 aromatic rings. The SMILES string of the molecule is N#CCCNS(=O)(=O)c1cc([N+](=O)[O-])ccc1F. The average molecular weight is 273 g/mol. The summed E-state index contributed by atoms with van der Waals surface area (Å²) in [6.45, 7) is -0.193. The summed E-state index contributed by atoms with van der Waals surface area (Å²) in [5.41, 5.74) is -0.531. The molecular weight excluding hydrogens is 265 g/mol. The summed E-state index contributed by atoms with van der Waals surface area (Å²) in [6.07, 6.45) is -0.0875. The molecular formula is C9H8FN3O4S. The monoisotopic (exact) mass is 273 g/mol. The van der Waals surface area contributed by atoms with Crippen molar-refractivity contribution in [3.8, 4) is 6.07 Å². The molecule has 0 heterocycles. The van der Waals surface area contributed by atoms with Gasteiger partial charge >= 0.3 is 0 Å². The van der Waals surface area contributed by atoms with Gasteiger partial charge in [-0.2, -0.15) is 5.26 Å². The normalized spacial score (nSPS) is 10.9. The van der Waals surface area contributed by atoms with Crippen LogP contribution in [-0.4, -0.2) is 19.9 Å². The average Bonchev–Trinajstić information content (AvgIpc) is 2.29. The van der Waals surface area contributed by atoms with Crippen molar-refractivity contribution in [3.05, 3.63) is 34.1 Å². The van der Waals surface area contributed by atoms with Crippen LogP contribution in [0.3, 0.4) is 0 Å². The minimum absolute atomic E-state index is 0.0875. The highest BCUT2D eigenvalue weighted by molar-refractivity contribution is 7.89. The third-order valence-electron chi connectivity index (χ3n) is 1.94. The number of non-ortho nitro benzene ring substituents is 1. The Morgan fingerprint density at radius 2 is 2.17 bits per heavy atom. The Labute approximate surface area is 102 Å². The predicted molar refractivity (Wildman–Crippen MR) is 58.5 cm³/mol. The molecule has 9 heteroatoms. The van der Waals surface area contributed by atoms with Crippen molar-refractivity contribution < 1.29 is 17.7 Å². The van der Waals surface area contributed by atoms with Crippen LogP contribution in [0.1, 0.15) is 6.42 Å². The molecule has 0 fully saturated rings. The summed E-state index contributed by atoms with van der Waals surface area (Å²) in [4.78, 5) is 8.84. The van der Waals surface area contributed by atoms with Crippen LogP contribution >= 0.6 is 0 Å². The number of nitro benzene ring substituents is 1. The van der Waals surface area contributed by atoms with Gasteiger partial charge < -0.3 is 0 Å². The Bertz CT molecular complexity index is 609. The third-order valence-corrected chi connectivity index (χ3v) is 3.42. The molecule has 0 aliphatic heterocycles. The van der Waals surface area contributed by atoms with E-state index < -0.39 is 31.3 Å². The summed E-state index contributed by atoms with van der Waals surface area (Å²) in [5, 5.41) is 18.7. The van der Waals surface area contributed by atoms with E-state index in [4.69, 9.17) is 5.26 Å². The van der Waals surface area contributed by atoms with Crippen LogP contribution in [0.2, 0.25) is 0 Å². The van der Waals surface area contributed by atoms with Gasteiger partial charge in [0.2, 0.25) is 10.0 Å². The molecule has 0 radical (unpaired) electrons. The quantitative estimate of drug-likeness (QED) is 0.487. The van der Waals surface area contributed by atoms with Gasteiger partial charge in [-0.15, -0.1) is 0 Å². The van der Waals surface area contributed by atoms with Crippen LogP contribution in [0.25, 0.3) is 0 Å². The number of hydrogen-bond donors (Lipinski definition) is 1. The van der Waals surface area contributed by atoms with E-state index in [-0.39, 0.29) is 13.0 Å². The number of nitrogens with zero attached hydrogens (tertiary/aromatic N) is 2. The van der Waals surface area contributed by atoms with Gasteiger partial charge in [-0.05, 0) is 6.07 Å². The molecule has 7 nitrogen and oxygen atoms in total. The van der Waals surface area contributed by atoms with Crippen LogP contribution in [0.15, 0.2) is 23.1 Å². The second-order valence-electron chi connectivity index (χ2n) is 3.18. The first-order valence-corrected chi connectivity index (χ1v) is 6.17. The van der Waals surface area contributed by atoms with Crippen molar-refractivity contribution >= 4 is 15.7 Å². The minimum Gasteiger partial charge on any atom is -0.258 e. The number of benzene rings is 1. The van der Waals surface area contributed by atoms with Gasteiger partial charge in [0.15, 0.2) is 0 Å². The minimum atomic E-state index is -4.20. The van der Waals surface area contributed by atoms with Crippen LogP contribution in [-0.2, 0) is 10.0 Å². The Balaban J connectivity index is 3.12. The van der Waals surface area contributed by atoms with E-state index in [1.165, 1.54) is 0 Å². The van der Waals surface area contributed by atoms with Crippen molar-refractivity contribution in [1.82, 2.24) is 4.72 Å². The van der Waals surface area contributed by atoms with Gasteiger partial charge in [-0.25, -0.2) is 17.5 Å². The summed E-state index contributed by atoms with van der Waals surface area (Å²) < 4.78 is 38.5. The second kappa shape index (κ2) is 5.52. The zero-order valence-corrected chi connectivity index (χ0v) is 9.78. The summed E-state index contributed by atoms with van der Waals surface area (Å²) >= 11 is 0. The standard InChI is InChI=1S/C9H8FN3O4S/c10-8-3-2-7(13(14)15)6-9(8)18(16,17)12-5-1-4-11/h2-3,6,12H,1,5H2. The fraction of sp³-hybridized carbons (Fsp3) is 0.222. The molecule has 0 unspecified atom stereocenters. The number of nitriles is 1. The van der Waals surface area contributed by atoms with E-state index in [1.807, 2.05) is 4.72 Å². The molecule has 1 N–H and O–H groups in total. The molecule has 0 amide bonds. The maximum absolute atomic E-state index is 13.3. The molecule has 0 saturated carbocycles. The molecule has 0 atom stereocenters. The Kier molecular flexibility index (Phi) is 4.30. The van der Waals surface area contributed by atoms with Crippen molar-refractivity contribution in [3.63, 3.8) is 0 Å². The molecule has 1 rings (SSSR count). The first-order valence-electron chi connectivity index (χ1n) is 4.69. The van der Waals surface area contributed by atoms with Gasteiger partial charge in [-0.1, -0.05) is 0 Å². The van der Waals surface area contributed by atoms with Crippen LogP contribution in [0.5, 0.6) is 0 Å². The van der Waals surface area contributed by atoms with E-state index in [9.17, 15) is 22.9 Å². The molecule has 96 valence electrons. The molecule has 0 bridgehead atoms. The van der Waals surface area contributed by atoms with E-state index in [0.717, 1.165) is 6.07 Å². The maximum Gasteiger partial charge on any atom is 0.270 e. The highest BCUT2D eigenvalue weighted by atomic mass is 32.2. The molecule has 0 spiro atoms. The number of nitro groups is 1. The Hall–Kier alpha value is -2.05. The first-order chi connectivity index (χ1) is 8.38. The van der Waals surface area contributed by atoms with Crippen LogP contribution in [0, 0.1) is 27.3 Å².